The lowest BCUT2D eigenvalue weighted by atomic mass is 10.3. The van der Waals surface area contributed by atoms with E-state index in [0.717, 1.165) is 5.69 Å². The largest absolute Gasteiger partial charge is 0.337 e. The van der Waals surface area contributed by atoms with Crippen LogP contribution in [0.25, 0.3) is 0 Å². The minimum absolute atomic E-state index is 0.146. The maximum Gasteiger partial charge on any atom is 0.324 e. The van der Waals surface area contributed by atoms with Crippen LogP contribution in [0.5, 0.6) is 0 Å². The Bertz CT molecular complexity index is 422. The van der Waals surface area contributed by atoms with Crippen LogP contribution in [0.1, 0.15) is 32.0 Å². The number of amides is 3. The number of aromatic nitrogens is 2. The van der Waals surface area contributed by atoms with E-state index >= 15 is 0 Å². The predicted octanol–water partition coefficient (Wildman–Crippen LogP) is 0.906. The van der Waals surface area contributed by atoms with Crippen molar-refractivity contribution >= 4 is 11.9 Å². The van der Waals surface area contributed by atoms with Gasteiger partial charge in [0.1, 0.15) is 0 Å². The maximum absolute atomic E-state index is 11.6. The topological polar surface area (TPSA) is 67.2 Å². The molecule has 0 bridgehead atoms. The van der Waals surface area contributed by atoms with Crippen LogP contribution in [0.15, 0.2) is 12.3 Å². The first-order chi connectivity index (χ1) is 8.08. The Morgan fingerprint density at radius 1 is 1.47 bits per heavy atom. The number of hydrogen-bond donors (Lipinski definition) is 1. The molecule has 1 aromatic heterocycles. The van der Waals surface area contributed by atoms with Gasteiger partial charge in [-0.1, -0.05) is 0 Å². The molecule has 17 heavy (non-hydrogen) atoms. The Morgan fingerprint density at radius 3 is 2.82 bits per heavy atom. The first kappa shape index (κ1) is 11.6. The first-order valence-electron chi connectivity index (χ1n) is 5.70. The molecular formula is C11H16N4O2. The minimum atomic E-state index is -0.333. The molecule has 0 spiro atoms. The summed E-state index contributed by atoms with van der Waals surface area (Å²) in [5.41, 5.74) is 0.726. The zero-order valence-electron chi connectivity index (χ0n) is 10.0. The number of nitrogens with zero attached hydrogens (tertiary/aromatic N) is 3. The van der Waals surface area contributed by atoms with E-state index in [1.165, 1.54) is 4.90 Å². The number of hydrogen-bond acceptors (Lipinski definition) is 3. The molecule has 1 N–H and O–H groups in total. The Morgan fingerprint density at radius 2 is 2.24 bits per heavy atom. The van der Waals surface area contributed by atoms with Crippen molar-refractivity contribution in [1.82, 2.24) is 20.0 Å². The number of urea groups is 1. The van der Waals surface area contributed by atoms with Gasteiger partial charge in [0.25, 0.3) is 0 Å². The van der Waals surface area contributed by atoms with E-state index in [-0.39, 0.29) is 24.5 Å². The van der Waals surface area contributed by atoms with Gasteiger partial charge < -0.3 is 5.32 Å². The Labute approximate surface area is 99.6 Å². The van der Waals surface area contributed by atoms with Crippen molar-refractivity contribution in [3.8, 4) is 0 Å². The summed E-state index contributed by atoms with van der Waals surface area (Å²) in [6, 6.07) is 1.77. The standard InChI is InChI=1S/C11H16N4O2/c1-8(2)15-6-4-9(13-15)7-14-10(16)3-5-12-11(14)17/h4,6,8H,3,5,7H2,1-2H3,(H,12,17). The molecule has 1 aliphatic rings. The first-order valence-corrected chi connectivity index (χ1v) is 5.70. The second kappa shape index (κ2) is 4.57. The fraction of sp³-hybridized carbons (Fsp3) is 0.545. The second-order valence-corrected chi connectivity index (χ2v) is 4.34. The van der Waals surface area contributed by atoms with Crippen molar-refractivity contribution in [2.75, 3.05) is 6.54 Å². The van der Waals surface area contributed by atoms with Gasteiger partial charge in [-0.25, -0.2) is 4.79 Å². The molecule has 1 fully saturated rings. The lowest BCUT2D eigenvalue weighted by molar-refractivity contribution is -0.129. The highest BCUT2D eigenvalue weighted by atomic mass is 16.2. The number of rotatable bonds is 3. The summed E-state index contributed by atoms with van der Waals surface area (Å²) in [5.74, 6) is -0.146. The van der Waals surface area contributed by atoms with E-state index in [1.54, 1.807) is 0 Å². The summed E-state index contributed by atoms with van der Waals surface area (Å²) in [5, 5.41) is 6.96. The monoisotopic (exact) mass is 236 g/mol. The van der Waals surface area contributed by atoms with Gasteiger partial charge in [0.05, 0.1) is 12.2 Å². The average molecular weight is 236 g/mol. The molecule has 2 rings (SSSR count). The third-order valence-corrected chi connectivity index (χ3v) is 2.67. The second-order valence-electron chi connectivity index (χ2n) is 4.34. The van der Waals surface area contributed by atoms with Crippen molar-refractivity contribution in [3.63, 3.8) is 0 Å². The van der Waals surface area contributed by atoms with Crippen LogP contribution >= 0.6 is 0 Å². The molecule has 0 aliphatic carbocycles. The molecule has 0 atom stereocenters. The zero-order chi connectivity index (χ0) is 12.4. The summed E-state index contributed by atoms with van der Waals surface area (Å²) in [7, 11) is 0. The lowest BCUT2D eigenvalue weighted by Gasteiger charge is -2.24. The molecule has 6 heteroatoms. The molecule has 3 amide bonds. The molecule has 0 radical (unpaired) electrons. The van der Waals surface area contributed by atoms with E-state index in [4.69, 9.17) is 0 Å². The van der Waals surface area contributed by atoms with Gasteiger partial charge in [0, 0.05) is 25.2 Å². The van der Waals surface area contributed by atoms with Crippen molar-refractivity contribution in [1.29, 1.82) is 0 Å². The molecular weight excluding hydrogens is 220 g/mol. The van der Waals surface area contributed by atoms with Crippen LogP contribution in [0.4, 0.5) is 4.79 Å². The third-order valence-electron chi connectivity index (χ3n) is 2.67. The predicted molar refractivity (Wildman–Crippen MR) is 61.2 cm³/mol. The van der Waals surface area contributed by atoms with Crippen molar-refractivity contribution in [3.05, 3.63) is 18.0 Å². The number of nitrogens with one attached hydrogen (secondary N) is 1. The van der Waals surface area contributed by atoms with Crippen LogP contribution in [-0.2, 0) is 11.3 Å². The van der Waals surface area contributed by atoms with Crippen LogP contribution in [0.3, 0.4) is 0 Å². The SMILES string of the molecule is CC(C)n1ccc(CN2C(=O)CCNC2=O)n1. The molecule has 0 saturated carbocycles. The molecule has 0 unspecified atom stereocenters. The molecule has 1 aliphatic heterocycles. The zero-order valence-corrected chi connectivity index (χ0v) is 10.0. The van der Waals surface area contributed by atoms with Gasteiger partial charge in [0.15, 0.2) is 0 Å². The molecule has 6 nitrogen and oxygen atoms in total. The highest BCUT2D eigenvalue weighted by Gasteiger charge is 2.26. The van der Waals surface area contributed by atoms with E-state index in [0.29, 0.717) is 13.0 Å². The number of carbonyl (C=O) groups excluding carboxylic acids is 2. The smallest absolute Gasteiger partial charge is 0.324 e. The van der Waals surface area contributed by atoms with Crippen molar-refractivity contribution < 1.29 is 9.59 Å². The quantitative estimate of drug-likeness (QED) is 0.848. The summed E-state index contributed by atoms with van der Waals surface area (Å²) in [6.45, 7) is 4.71. The number of imide groups is 1. The van der Waals surface area contributed by atoms with Gasteiger partial charge in [-0.05, 0) is 19.9 Å². The van der Waals surface area contributed by atoms with E-state index in [2.05, 4.69) is 10.4 Å². The molecule has 92 valence electrons. The van der Waals surface area contributed by atoms with E-state index in [9.17, 15) is 9.59 Å². The lowest BCUT2D eigenvalue weighted by Crippen LogP contribution is -2.49. The van der Waals surface area contributed by atoms with E-state index < -0.39 is 0 Å². The molecule has 2 heterocycles. The number of carbonyl (C=O) groups is 2. The van der Waals surface area contributed by atoms with Gasteiger partial charge in [0.2, 0.25) is 5.91 Å². The maximum atomic E-state index is 11.6. The van der Waals surface area contributed by atoms with Crippen LogP contribution in [0.2, 0.25) is 0 Å². The Balaban J connectivity index is 2.08. The van der Waals surface area contributed by atoms with Crippen molar-refractivity contribution in [2.45, 2.75) is 32.9 Å². The normalized spacial score (nSPS) is 16.5. The summed E-state index contributed by atoms with van der Waals surface area (Å²) in [6.07, 6.45) is 2.21. The van der Waals surface area contributed by atoms with E-state index in [1.807, 2.05) is 30.8 Å². The summed E-state index contributed by atoms with van der Waals surface area (Å²) >= 11 is 0. The van der Waals surface area contributed by atoms with Gasteiger partial charge in [-0.3, -0.25) is 14.4 Å². The van der Waals surface area contributed by atoms with Crippen molar-refractivity contribution in [2.24, 2.45) is 0 Å². The fourth-order valence-electron chi connectivity index (χ4n) is 1.69. The highest BCUT2D eigenvalue weighted by molar-refractivity contribution is 5.96. The van der Waals surface area contributed by atoms with Crippen LogP contribution in [-0.4, -0.2) is 33.2 Å². The summed E-state index contributed by atoms with van der Waals surface area (Å²) in [4.78, 5) is 24.3. The molecule has 0 aromatic carbocycles. The Kier molecular flexibility index (Phi) is 3.12. The molecule has 1 saturated heterocycles. The Hall–Kier alpha value is -1.85. The fourth-order valence-corrected chi connectivity index (χ4v) is 1.69. The third kappa shape index (κ3) is 2.46. The molecule has 1 aromatic rings. The van der Waals surface area contributed by atoms with Gasteiger partial charge in [-0.2, -0.15) is 5.10 Å². The van der Waals surface area contributed by atoms with Gasteiger partial charge in [-0.15, -0.1) is 0 Å². The van der Waals surface area contributed by atoms with Crippen LogP contribution in [0, 0.1) is 0 Å². The van der Waals surface area contributed by atoms with Gasteiger partial charge >= 0.3 is 6.03 Å². The average Bonchev–Trinajstić information content (AvgIpc) is 2.72. The highest BCUT2D eigenvalue weighted by Crippen LogP contribution is 2.09. The van der Waals surface area contributed by atoms with Crippen LogP contribution < -0.4 is 5.32 Å². The minimum Gasteiger partial charge on any atom is -0.337 e. The summed E-state index contributed by atoms with van der Waals surface area (Å²) < 4.78 is 1.81.